The standard InChI is InChI=1S/C13H21N3O4S2/c1-10-8-16(9-11(2)15-10)22(19,20)13-6-4-12(5-7-13)21(17,18)14-3/h4-7,10-11,14-15H,8-9H2,1-3H3. The van der Waals surface area contributed by atoms with Crippen LogP contribution in [0.5, 0.6) is 0 Å². The molecule has 0 aliphatic carbocycles. The summed E-state index contributed by atoms with van der Waals surface area (Å²) in [6, 6.07) is 5.40. The van der Waals surface area contributed by atoms with Crippen LogP contribution in [0.3, 0.4) is 0 Å². The van der Waals surface area contributed by atoms with Gasteiger partial charge in [0.2, 0.25) is 20.0 Å². The second-order valence-electron chi connectivity index (χ2n) is 5.47. The molecule has 2 rings (SSSR count). The maximum absolute atomic E-state index is 12.6. The predicted octanol–water partition coefficient (Wildman–Crippen LogP) is -0.0344. The lowest BCUT2D eigenvalue weighted by Crippen LogP contribution is -2.55. The first kappa shape index (κ1) is 17.4. The summed E-state index contributed by atoms with van der Waals surface area (Å²) in [5.41, 5.74) is 0. The van der Waals surface area contributed by atoms with Gasteiger partial charge in [-0.2, -0.15) is 4.31 Å². The normalized spacial score (nSPS) is 24.3. The van der Waals surface area contributed by atoms with E-state index in [9.17, 15) is 16.8 Å². The molecule has 22 heavy (non-hydrogen) atoms. The highest BCUT2D eigenvalue weighted by molar-refractivity contribution is 7.89. The molecule has 124 valence electrons. The fourth-order valence-corrected chi connectivity index (χ4v) is 4.88. The molecule has 0 radical (unpaired) electrons. The fourth-order valence-electron chi connectivity index (χ4n) is 2.53. The van der Waals surface area contributed by atoms with Crippen LogP contribution in [0.2, 0.25) is 0 Å². The topological polar surface area (TPSA) is 95.6 Å². The van der Waals surface area contributed by atoms with E-state index in [4.69, 9.17) is 0 Å². The van der Waals surface area contributed by atoms with Crippen molar-refractivity contribution in [1.82, 2.24) is 14.3 Å². The van der Waals surface area contributed by atoms with Crippen LogP contribution in [0.4, 0.5) is 0 Å². The van der Waals surface area contributed by atoms with Gasteiger partial charge in [0.25, 0.3) is 0 Å². The Kier molecular flexibility index (Phi) is 4.93. The van der Waals surface area contributed by atoms with Gasteiger partial charge in [-0.05, 0) is 45.2 Å². The Bertz CT molecular complexity index is 719. The molecular formula is C13H21N3O4S2. The molecule has 1 saturated heterocycles. The highest BCUT2D eigenvalue weighted by Gasteiger charge is 2.31. The first-order chi connectivity index (χ1) is 10.2. The minimum atomic E-state index is -3.62. The molecule has 1 aliphatic heterocycles. The van der Waals surface area contributed by atoms with E-state index < -0.39 is 20.0 Å². The van der Waals surface area contributed by atoms with Crippen molar-refractivity contribution in [2.45, 2.75) is 35.7 Å². The van der Waals surface area contributed by atoms with Crippen molar-refractivity contribution >= 4 is 20.0 Å². The van der Waals surface area contributed by atoms with Gasteiger partial charge in [-0.1, -0.05) is 0 Å². The Morgan fingerprint density at radius 2 is 1.45 bits per heavy atom. The zero-order chi connectivity index (χ0) is 16.5. The first-order valence-electron chi connectivity index (χ1n) is 6.96. The smallest absolute Gasteiger partial charge is 0.243 e. The Morgan fingerprint density at radius 1 is 1.00 bits per heavy atom. The van der Waals surface area contributed by atoms with E-state index in [0.29, 0.717) is 13.1 Å². The summed E-state index contributed by atoms with van der Waals surface area (Å²) >= 11 is 0. The third-order valence-corrected chi connectivity index (χ3v) is 6.84. The summed E-state index contributed by atoms with van der Waals surface area (Å²) < 4.78 is 52.3. The molecule has 9 heteroatoms. The Morgan fingerprint density at radius 3 is 1.91 bits per heavy atom. The zero-order valence-electron chi connectivity index (χ0n) is 12.8. The summed E-state index contributed by atoms with van der Waals surface area (Å²) in [4.78, 5) is 0.139. The van der Waals surface area contributed by atoms with E-state index in [-0.39, 0.29) is 21.9 Å². The molecule has 2 N–H and O–H groups in total. The molecule has 2 unspecified atom stereocenters. The number of rotatable bonds is 4. The molecule has 1 heterocycles. The van der Waals surface area contributed by atoms with Crippen LogP contribution in [-0.4, -0.2) is 53.4 Å². The van der Waals surface area contributed by atoms with Gasteiger partial charge < -0.3 is 5.32 Å². The minimum Gasteiger partial charge on any atom is -0.309 e. The van der Waals surface area contributed by atoms with Crippen molar-refractivity contribution in [1.29, 1.82) is 0 Å². The van der Waals surface area contributed by atoms with Gasteiger partial charge in [-0.15, -0.1) is 0 Å². The van der Waals surface area contributed by atoms with Crippen LogP contribution >= 0.6 is 0 Å². The van der Waals surface area contributed by atoms with Crippen LogP contribution in [0.15, 0.2) is 34.1 Å². The first-order valence-corrected chi connectivity index (χ1v) is 9.89. The van der Waals surface area contributed by atoms with Gasteiger partial charge in [0.1, 0.15) is 0 Å². The summed E-state index contributed by atoms with van der Waals surface area (Å²) in [6.07, 6.45) is 0. The average molecular weight is 347 g/mol. The minimum absolute atomic E-state index is 0.0380. The largest absolute Gasteiger partial charge is 0.309 e. The highest BCUT2D eigenvalue weighted by Crippen LogP contribution is 2.20. The van der Waals surface area contributed by atoms with Gasteiger partial charge in [-0.3, -0.25) is 0 Å². The molecule has 1 aromatic carbocycles. The number of benzene rings is 1. The van der Waals surface area contributed by atoms with E-state index >= 15 is 0 Å². The maximum Gasteiger partial charge on any atom is 0.243 e. The van der Waals surface area contributed by atoms with E-state index in [0.717, 1.165) is 0 Å². The summed E-state index contributed by atoms with van der Waals surface area (Å²) in [5.74, 6) is 0. The number of nitrogens with zero attached hydrogens (tertiary/aromatic N) is 1. The number of hydrogen-bond donors (Lipinski definition) is 2. The summed E-state index contributed by atoms with van der Waals surface area (Å²) in [5, 5.41) is 3.28. The molecule has 0 bridgehead atoms. The van der Waals surface area contributed by atoms with Crippen molar-refractivity contribution in [3.63, 3.8) is 0 Å². The molecule has 0 spiro atoms. The highest BCUT2D eigenvalue weighted by atomic mass is 32.2. The summed E-state index contributed by atoms with van der Waals surface area (Å²) in [7, 11) is -5.88. The SMILES string of the molecule is CNS(=O)(=O)c1ccc(S(=O)(=O)N2CC(C)NC(C)C2)cc1. The number of nitrogens with one attached hydrogen (secondary N) is 2. The lowest BCUT2D eigenvalue weighted by atomic mass is 10.2. The summed E-state index contributed by atoms with van der Waals surface area (Å²) in [6.45, 7) is 4.65. The molecule has 1 aromatic rings. The second kappa shape index (κ2) is 6.25. The third-order valence-electron chi connectivity index (χ3n) is 3.56. The van der Waals surface area contributed by atoms with E-state index in [1.807, 2.05) is 13.8 Å². The van der Waals surface area contributed by atoms with Crippen molar-refractivity contribution in [2.24, 2.45) is 0 Å². The quantitative estimate of drug-likeness (QED) is 0.797. The maximum atomic E-state index is 12.6. The second-order valence-corrected chi connectivity index (χ2v) is 9.29. The molecule has 1 fully saturated rings. The van der Waals surface area contributed by atoms with Crippen molar-refractivity contribution < 1.29 is 16.8 Å². The zero-order valence-corrected chi connectivity index (χ0v) is 14.4. The Labute approximate surface area is 131 Å². The average Bonchev–Trinajstić information content (AvgIpc) is 2.46. The van der Waals surface area contributed by atoms with Crippen molar-refractivity contribution in [3.05, 3.63) is 24.3 Å². The number of sulfonamides is 2. The van der Waals surface area contributed by atoms with E-state index in [2.05, 4.69) is 10.0 Å². The molecule has 0 aromatic heterocycles. The molecule has 7 nitrogen and oxygen atoms in total. The van der Waals surface area contributed by atoms with Crippen molar-refractivity contribution in [3.8, 4) is 0 Å². The van der Waals surface area contributed by atoms with Crippen LogP contribution in [0.1, 0.15) is 13.8 Å². The number of hydrogen-bond acceptors (Lipinski definition) is 5. The van der Waals surface area contributed by atoms with Crippen LogP contribution < -0.4 is 10.0 Å². The molecule has 2 atom stereocenters. The van der Waals surface area contributed by atoms with Gasteiger partial charge in [0.15, 0.2) is 0 Å². The predicted molar refractivity (Wildman–Crippen MR) is 83.5 cm³/mol. The molecule has 1 aliphatic rings. The van der Waals surface area contributed by atoms with Crippen LogP contribution in [0, 0.1) is 0 Å². The third kappa shape index (κ3) is 3.49. The van der Waals surface area contributed by atoms with Gasteiger partial charge >= 0.3 is 0 Å². The van der Waals surface area contributed by atoms with E-state index in [1.54, 1.807) is 0 Å². The van der Waals surface area contributed by atoms with Gasteiger partial charge in [-0.25, -0.2) is 21.6 Å². The van der Waals surface area contributed by atoms with E-state index in [1.165, 1.54) is 35.6 Å². The monoisotopic (exact) mass is 347 g/mol. The van der Waals surface area contributed by atoms with Crippen LogP contribution in [-0.2, 0) is 20.0 Å². The fraction of sp³-hybridized carbons (Fsp3) is 0.538. The lowest BCUT2D eigenvalue weighted by Gasteiger charge is -2.35. The van der Waals surface area contributed by atoms with Crippen molar-refractivity contribution in [2.75, 3.05) is 20.1 Å². The Balaban J connectivity index is 2.30. The van der Waals surface area contributed by atoms with Gasteiger partial charge in [0, 0.05) is 25.2 Å². The molecule has 0 amide bonds. The Hall–Kier alpha value is -1.00. The molecular weight excluding hydrogens is 326 g/mol. The van der Waals surface area contributed by atoms with Gasteiger partial charge in [0.05, 0.1) is 9.79 Å². The molecule has 0 saturated carbocycles. The number of piperazine rings is 1. The van der Waals surface area contributed by atoms with Crippen LogP contribution in [0.25, 0.3) is 0 Å². The lowest BCUT2D eigenvalue weighted by molar-refractivity contribution is 0.263.